The second kappa shape index (κ2) is 6.44. The van der Waals surface area contributed by atoms with E-state index in [9.17, 15) is 9.59 Å². The van der Waals surface area contributed by atoms with Gasteiger partial charge < -0.3 is 14.4 Å². The number of rotatable bonds is 1. The summed E-state index contributed by atoms with van der Waals surface area (Å²) in [6, 6.07) is 0.757. The quantitative estimate of drug-likeness (QED) is 0.692. The zero-order valence-electron chi connectivity index (χ0n) is 14.3. The summed E-state index contributed by atoms with van der Waals surface area (Å²) < 4.78 is 9.82. The number of nitrogens with zero attached hydrogens (tertiary/aromatic N) is 2. The van der Waals surface area contributed by atoms with Gasteiger partial charge in [0.25, 0.3) is 0 Å². The summed E-state index contributed by atoms with van der Waals surface area (Å²) in [4.78, 5) is 26.4. The van der Waals surface area contributed by atoms with E-state index in [-0.39, 0.29) is 23.6 Å². The van der Waals surface area contributed by atoms with Crippen molar-refractivity contribution in [2.24, 2.45) is 5.92 Å². The van der Waals surface area contributed by atoms with Crippen LogP contribution in [0.1, 0.15) is 40.0 Å². The lowest BCUT2D eigenvalue weighted by atomic mass is 9.88. The molecule has 0 spiro atoms. The smallest absolute Gasteiger partial charge is 0.410 e. The van der Waals surface area contributed by atoms with Gasteiger partial charge in [-0.15, -0.1) is 0 Å². The van der Waals surface area contributed by atoms with Gasteiger partial charge in [-0.2, -0.15) is 0 Å². The number of likely N-dealkylation sites (N-methyl/N-ethyl adjacent to an activating group) is 1. The summed E-state index contributed by atoms with van der Waals surface area (Å²) in [5, 5.41) is 0. The van der Waals surface area contributed by atoms with Gasteiger partial charge >= 0.3 is 12.1 Å². The number of amides is 1. The summed E-state index contributed by atoms with van der Waals surface area (Å²) >= 11 is 0. The van der Waals surface area contributed by atoms with Crippen LogP contribution in [0.5, 0.6) is 0 Å². The van der Waals surface area contributed by atoms with E-state index in [1.165, 1.54) is 7.11 Å². The molecule has 1 saturated carbocycles. The molecule has 0 aromatic carbocycles. The molecule has 6 heteroatoms. The summed E-state index contributed by atoms with van der Waals surface area (Å²) in [6.07, 6.45) is 3.07. The molecule has 22 heavy (non-hydrogen) atoms. The Labute approximate surface area is 132 Å². The average molecular weight is 312 g/mol. The summed E-state index contributed by atoms with van der Waals surface area (Å²) in [5.41, 5.74) is -0.382. The van der Waals surface area contributed by atoms with Gasteiger partial charge in [-0.1, -0.05) is 0 Å². The van der Waals surface area contributed by atoms with E-state index in [4.69, 9.17) is 4.74 Å². The third kappa shape index (κ3) is 4.35. The second-order valence-electron chi connectivity index (χ2n) is 7.45. The number of methoxy groups -OCH3 is 1. The molecule has 0 aromatic rings. The van der Waals surface area contributed by atoms with E-state index in [0.29, 0.717) is 12.1 Å². The first-order valence-electron chi connectivity index (χ1n) is 7.99. The molecule has 0 radical (unpaired) electrons. The Kier molecular flexibility index (Phi) is 5.00. The van der Waals surface area contributed by atoms with Crippen LogP contribution in [0.2, 0.25) is 0 Å². The maximum Gasteiger partial charge on any atom is 0.410 e. The molecular formula is C16H28N2O4. The van der Waals surface area contributed by atoms with Crippen LogP contribution in [0.4, 0.5) is 4.79 Å². The van der Waals surface area contributed by atoms with E-state index in [1.807, 2.05) is 25.7 Å². The third-order valence-corrected chi connectivity index (χ3v) is 4.09. The van der Waals surface area contributed by atoms with Gasteiger partial charge in [0.05, 0.1) is 25.1 Å². The van der Waals surface area contributed by atoms with Crippen LogP contribution in [-0.2, 0) is 14.3 Å². The van der Waals surface area contributed by atoms with E-state index >= 15 is 0 Å². The molecule has 2 unspecified atom stereocenters. The highest BCUT2D eigenvalue weighted by Crippen LogP contribution is 2.33. The van der Waals surface area contributed by atoms with Crippen LogP contribution < -0.4 is 0 Å². The number of esters is 1. The van der Waals surface area contributed by atoms with Crippen LogP contribution in [0.25, 0.3) is 0 Å². The molecule has 3 aliphatic heterocycles. The van der Waals surface area contributed by atoms with Gasteiger partial charge in [-0.3, -0.25) is 9.69 Å². The minimum Gasteiger partial charge on any atom is -0.469 e. The Bertz CT molecular complexity index is 416. The fraction of sp³-hybridized carbons (Fsp3) is 0.875. The minimum atomic E-state index is -0.382. The van der Waals surface area contributed by atoms with E-state index in [1.54, 1.807) is 0 Å². The van der Waals surface area contributed by atoms with Crippen molar-refractivity contribution in [2.75, 3.05) is 27.2 Å². The number of piperazine rings is 1. The van der Waals surface area contributed by atoms with Gasteiger partial charge in [0.15, 0.2) is 0 Å². The molecule has 6 nitrogen and oxygen atoms in total. The average Bonchev–Trinajstić information content (AvgIpc) is 3.19. The second-order valence-corrected chi connectivity index (χ2v) is 7.45. The Morgan fingerprint density at radius 3 is 2.00 bits per heavy atom. The highest BCUT2D eigenvalue weighted by Gasteiger charge is 2.47. The molecule has 4 fully saturated rings. The van der Waals surface area contributed by atoms with E-state index in [0.717, 1.165) is 32.4 Å². The first-order chi connectivity index (χ1) is 10.2. The van der Waals surface area contributed by atoms with Crippen molar-refractivity contribution in [3.8, 4) is 0 Å². The molecule has 2 atom stereocenters. The molecule has 0 aromatic heterocycles. The van der Waals surface area contributed by atoms with Crippen molar-refractivity contribution < 1.29 is 19.1 Å². The molecule has 1 aliphatic carbocycles. The third-order valence-electron chi connectivity index (χ3n) is 4.09. The number of ether oxygens (including phenoxy) is 2. The lowest BCUT2D eigenvalue weighted by Gasteiger charge is -2.55. The van der Waals surface area contributed by atoms with Gasteiger partial charge in [-0.05, 0) is 47.1 Å². The van der Waals surface area contributed by atoms with Gasteiger partial charge in [0.1, 0.15) is 5.60 Å². The fourth-order valence-corrected chi connectivity index (χ4v) is 2.92. The van der Waals surface area contributed by atoms with E-state index in [2.05, 4.69) is 16.7 Å². The first-order valence-corrected chi connectivity index (χ1v) is 7.99. The molecule has 126 valence electrons. The highest BCUT2D eigenvalue weighted by molar-refractivity contribution is 5.74. The summed E-state index contributed by atoms with van der Waals surface area (Å²) in [5.74, 6) is 0.213. The standard InChI is InChI=1S/C11H20N2O2.C5H8O2/c1-11(2,3)15-10(14)13-8-5-9(13)7-12(4)6-8;1-7-5(6)4-2-3-4/h8-9H,5-7H2,1-4H3;4H,2-3H2,1H3. The van der Waals surface area contributed by atoms with Gasteiger partial charge in [0.2, 0.25) is 0 Å². The van der Waals surface area contributed by atoms with Crippen molar-refractivity contribution in [3.63, 3.8) is 0 Å². The monoisotopic (exact) mass is 312 g/mol. The van der Waals surface area contributed by atoms with Crippen LogP contribution >= 0.6 is 0 Å². The predicted octanol–water partition coefficient (Wildman–Crippen LogP) is 1.88. The van der Waals surface area contributed by atoms with E-state index < -0.39 is 0 Å². The maximum atomic E-state index is 11.8. The zero-order valence-corrected chi connectivity index (χ0v) is 14.3. The highest BCUT2D eigenvalue weighted by atomic mass is 16.6. The molecule has 4 aliphatic rings. The SMILES string of the molecule is CN1CC2CC(C1)N2C(=O)OC(C)(C)C.COC(=O)C1CC1. The number of carbonyl (C=O) groups is 2. The predicted molar refractivity (Wildman–Crippen MR) is 82.5 cm³/mol. The lowest BCUT2D eigenvalue weighted by Crippen LogP contribution is -2.69. The number of carbonyl (C=O) groups excluding carboxylic acids is 2. The first kappa shape index (κ1) is 17.1. The van der Waals surface area contributed by atoms with Gasteiger partial charge in [0, 0.05) is 13.1 Å². The van der Waals surface area contributed by atoms with Crippen molar-refractivity contribution in [1.82, 2.24) is 9.80 Å². The van der Waals surface area contributed by atoms with Crippen LogP contribution in [0, 0.1) is 5.92 Å². The largest absolute Gasteiger partial charge is 0.469 e. The van der Waals surface area contributed by atoms with Crippen molar-refractivity contribution in [3.05, 3.63) is 0 Å². The molecule has 3 heterocycles. The van der Waals surface area contributed by atoms with Crippen molar-refractivity contribution in [2.45, 2.75) is 57.7 Å². The van der Waals surface area contributed by atoms with Crippen molar-refractivity contribution >= 4 is 12.1 Å². The van der Waals surface area contributed by atoms with Crippen LogP contribution in [0.3, 0.4) is 0 Å². The summed E-state index contributed by atoms with van der Waals surface area (Å²) in [7, 11) is 3.53. The Hall–Kier alpha value is -1.30. The van der Waals surface area contributed by atoms with Crippen LogP contribution in [0.15, 0.2) is 0 Å². The molecule has 4 rings (SSSR count). The fourth-order valence-electron chi connectivity index (χ4n) is 2.92. The molecule has 0 N–H and O–H groups in total. The zero-order chi connectivity index (χ0) is 16.5. The van der Waals surface area contributed by atoms with Gasteiger partial charge in [-0.25, -0.2) is 4.79 Å². The topological polar surface area (TPSA) is 59.1 Å². The van der Waals surface area contributed by atoms with Crippen LogP contribution in [-0.4, -0.2) is 66.8 Å². The van der Waals surface area contributed by atoms with Crippen molar-refractivity contribution in [1.29, 1.82) is 0 Å². The number of fused-ring (bicyclic) bond motifs is 2. The maximum absolute atomic E-state index is 11.8. The Morgan fingerprint density at radius 2 is 1.64 bits per heavy atom. The number of hydrogen-bond donors (Lipinski definition) is 0. The molecule has 2 bridgehead atoms. The molecule has 1 amide bonds. The minimum absolute atomic E-state index is 0.0417. The Morgan fingerprint density at radius 1 is 1.09 bits per heavy atom. The normalized spacial score (nSPS) is 27.2. The number of piperidine rings is 1. The summed E-state index contributed by atoms with van der Waals surface area (Å²) in [6.45, 7) is 7.69. The lowest BCUT2D eigenvalue weighted by molar-refractivity contribution is -0.142. The Balaban J connectivity index is 0.000000211. The molecular weight excluding hydrogens is 284 g/mol. The number of hydrogen-bond acceptors (Lipinski definition) is 5. The molecule has 3 saturated heterocycles.